The lowest BCUT2D eigenvalue weighted by Gasteiger charge is -2.24. The van der Waals surface area contributed by atoms with Gasteiger partial charge in [0.2, 0.25) is 0 Å². The number of rotatable bonds is 3. The summed E-state index contributed by atoms with van der Waals surface area (Å²) in [5.74, 6) is 0. The molecule has 9 heteroatoms. The maximum atomic E-state index is 12.7. The van der Waals surface area contributed by atoms with E-state index in [-0.39, 0.29) is 4.90 Å². The average molecular weight is 590 g/mol. The molecule has 1 aromatic heterocycles. The van der Waals surface area contributed by atoms with E-state index in [0.717, 1.165) is 35.3 Å². The zero-order chi connectivity index (χ0) is 16.6. The lowest BCUT2D eigenvalue weighted by Crippen LogP contribution is -2.32. The number of hydrogen-bond donors (Lipinski definition) is 0. The van der Waals surface area contributed by atoms with Gasteiger partial charge in [-0.1, -0.05) is 0 Å². The minimum atomic E-state index is -3.60. The quantitative estimate of drug-likeness (QED) is 0.470. The SMILES string of the molecule is O=S(=O)(c1ccc(I)cc1)N1CCCC(c2cc(Br)c(Br)s2)=N1. The Balaban J connectivity index is 1.96. The van der Waals surface area contributed by atoms with Crippen molar-refractivity contribution in [1.29, 1.82) is 0 Å². The standard InChI is InChI=1S/C14H11Br2IN2O2S2/c15-11-8-13(22-14(11)16)12-2-1-7-19(18-12)23(20,21)10-5-3-9(17)4-6-10/h3-6,8H,1-2,7H2. The van der Waals surface area contributed by atoms with Gasteiger partial charge in [0.15, 0.2) is 0 Å². The van der Waals surface area contributed by atoms with Crippen molar-refractivity contribution >= 4 is 81.5 Å². The highest BCUT2D eigenvalue weighted by Crippen LogP contribution is 2.34. The molecule has 0 spiro atoms. The van der Waals surface area contributed by atoms with Crippen LogP contribution < -0.4 is 0 Å². The van der Waals surface area contributed by atoms with Crippen LogP contribution in [0, 0.1) is 3.57 Å². The van der Waals surface area contributed by atoms with Crippen LogP contribution in [0.15, 0.2) is 48.6 Å². The van der Waals surface area contributed by atoms with E-state index in [4.69, 9.17) is 0 Å². The predicted molar refractivity (Wildman–Crippen MR) is 109 cm³/mol. The molecule has 1 aliphatic heterocycles. The zero-order valence-corrected chi connectivity index (χ0v) is 18.6. The van der Waals surface area contributed by atoms with E-state index in [1.54, 1.807) is 35.6 Å². The van der Waals surface area contributed by atoms with Crippen LogP contribution in [0.2, 0.25) is 0 Å². The molecule has 122 valence electrons. The summed E-state index contributed by atoms with van der Waals surface area (Å²) in [6.07, 6.45) is 1.54. The van der Waals surface area contributed by atoms with Gasteiger partial charge >= 0.3 is 0 Å². The highest BCUT2D eigenvalue weighted by atomic mass is 127. The van der Waals surface area contributed by atoms with Gasteiger partial charge in [0, 0.05) is 8.04 Å². The fourth-order valence-electron chi connectivity index (χ4n) is 2.18. The van der Waals surface area contributed by atoms with Crippen molar-refractivity contribution in [2.24, 2.45) is 5.10 Å². The van der Waals surface area contributed by atoms with Crippen molar-refractivity contribution < 1.29 is 8.42 Å². The van der Waals surface area contributed by atoms with Crippen molar-refractivity contribution in [3.8, 4) is 0 Å². The van der Waals surface area contributed by atoms with Gasteiger partial charge in [0.25, 0.3) is 10.0 Å². The Hall–Kier alpha value is 0.0300. The molecular weight excluding hydrogens is 579 g/mol. The summed E-state index contributed by atoms with van der Waals surface area (Å²) in [4.78, 5) is 1.25. The molecule has 0 fully saturated rings. The van der Waals surface area contributed by atoms with Crippen LogP contribution in [0.25, 0.3) is 0 Å². The van der Waals surface area contributed by atoms with Crippen LogP contribution >= 0.6 is 65.8 Å². The second kappa shape index (κ2) is 7.11. The van der Waals surface area contributed by atoms with E-state index in [2.05, 4.69) is 59.6 Å². The summed E-state index contributed by atoms with van der Waals surface area (Å²) < 4.78 is 29.6. The van der Waals surface area contributed by atoms with Crippen molar-refractivity contribution in [2.75, 3.05) is 6.54 Å². The van der Waals surface area contributed by atoms with Crippen LogP contribution in [0.1, 0.15) is 17.7 Å². The molecule has 2 heterocycles. The van der Waals surface area contributed by atoms with Crippen LogP contribution in [0.5, 0.6) is 0 Å². The molecule has 2 aromatic rings. The number of benzene rings is 1. The third kappa shape index (κ3) is 3.83. The van der Waals surface area contributed by atoms with Gasteiger partial charge in [0.1, 0.15) is 0 Å². The Kier molecular flexibility index (Phi) is 5.51. The monoisotopic (exact) mass is 588 g/mol. The van der Waals surface area contributed by atoms with E-state index in [1.165, 1.54) is 4.41 Å². The molecule has 0 unspecified atom stereocenters. The molecule has 1 aromatic carbocycles. The van der Waals surface area contributed by atoms with Crippen molar-refractivity contribution in [2.45, 2.75) is 17.7 Å². The molecule has 0 saturated carbocycles. The Bertz CT molecular complexity index is 844. The minimum Gasteiger partial charge on any atom is -0.200 e. The molecule has 0 radical (unpaired) electrons. The molecule has 4 nitrogen and oxygen atoms in total. The Morgan fingerprint density at radius 3 is 2.52 bits per heavy atom. The van der Waals surface area contributed by atoms with Gasteiger partial charge in [-0.25, -0.2) is 0 Å². The summed E-state index contributed by atoms with van der Waals surface area (Å²) in [6.45, 7) is 0.408. The smallest absolute Gasteiger partial charge is 0.200 e. The summed E-state index contributed by atoms with van der Waals surface area (Å²) in [5.41, 5.74) is 0.807. The number of thiophene rings is 1. The third-order valence-electron chi connectivity index (χ3n) is 3.31. The highest BCUT2D eigenvalue weighted by molar-refractivity contribution is 14.1. The molecule has 0 amide bonds. The van der Waals surface area contributed by atoms with E-state index in [1.807, 2.05) is 6.07 Å². The summed E-state index contributed by atoms with van der Waals surface area (Å²) >= 11 is 10.6. The van der Waals surface area contributed by atoms with Crippen molar-refractivity contribution in [1.82, 2.24) is 4.41 Å². The first-order valence-electron chi connectivity index (χ1n) is 6.69. The second-order valence-corrected chi connectivity index (χ2v) is 11.2. The Morgan fingerprint density at radius 2 is 1.91 bits per heavy atom. The largest absolute Gasteiger partial charge is 0.279 e. The first kappa shape index (κ1) is 17.8. The molecule has 0 bridgehead atoms. The zero-order valence-electron chi connectivity index (χ0n) is 11.7. The number of sulfonamides is 1. The van der Waals surface area contributed by atoms with Crippen molar-refractivity contribution in [3.05, 3.63) is 47.0 Å². The number of halogens is 3. The Labute approximate surface area is 169 Å². The highest BCUT2D eigenvalue weighted by Gasteiger charge is 2.27. The maximum Gasteiger partial charge on any atom is 0.279 e. The summed E-state index contributed by atoms with van der Waals surface area (Å²) in [7, 11) is -3.60. The van der Waals surface area contributed by atoms with Crippen LogP contribution in [0.4, 0.5) is 0 Å². The molecule has 3 rings (SSSR count). The van der Waals surface area contributed by atoms with E-state index in [0.29, 0.717) is 6.54 Å². The molecule has 0 N–H and O–H groups in total. The van der Waals surface area contributed by atoms with Gasteiger partial charge in [-0.3, -0.25) is 0 Å². The normalized spacial score (nSPS) is 15.6. The predicted octanol–water partition coefficient (Wildman–Crippen LogP) is 5.07. The molecule has 23 heavy (non-hydrogen) atoms. The van der Waals surface area contributed by atoms with Crippen LogP contribution in [0.3, 0.4) is 0 Å². The van der Waals surface area contributed by atoms with Crippen LogP contribution in [-0.4, -0.2) is 25.1 Å². The molecule has 0 aliphatic carbocycles. The second-order valence-electron chi connectivity index (χ2n) is 4.89. The van der Waals surface area contributed by atoms with Gasteiger partial charge in [-0.05, 0) is 97.6 Å². The number of hydrogen-bond acceptors (Lipinski definition) is 4. The summed E-state index contributed by atoms with van der Waals surface area (Å²) in [6, 6.07) is 8.79. The Morgan fingerprint density at radius 1 is 1.22 bits per heavy atom. The van der Waals surface area contributed by atoms with Gasteiger partial charge in [0.05, 0.1) is 25.8 Å². The van der Waals surface area contributed by atoms with Crippen molar-refractivity contribution in [3.63, 3.8) is 0 Å². The average Bonchev–Trinajstić information content (AvgIpc) is 2.87. The van der Waals surface area contributed by atoms with Gasteiger partial charge in [-0.15, -0.1) is 11.3 Å². The third-order valence-corrected chi connectivity index (χ3v) is 9.03. The fraction of sp³-hybridized carbons (Fsp3) is 0.214. The minimum absolute atomic E-state index is 0.274. The summed E-state index contributed by atoms with van der Waals surface area (Å²) in [5, 5.41) is 4.41. The van der Waals surface area contributed by atoms with E-state index in [9.17, 15) is 8.42 Å². The van der Waals surface area contributed by atoms with E-state index >= 15 is 0 Å². The maximum absolute atomic E-state index is 12.7. The molecule has 1 aliphatic rings. The van der Waals surface area contributed by atoms with Crippen LogP contribution in [-0.2, 0) is 10.0 Å². The molecule has 0 saturated heterocycles. The molecular formula is C14H11Br2IN2O2S2. The first-order valence-corrected chi connectivity index (χ1v) is 11.6. The topological polar surface area (TPSA) is 49.7 Å². The first-order chi connectivity index (χ1) is 10.9. The van der Waals surface area contributed by atoms with E-state index < -0.39 is 10.0 Å². The fourth-order valence-corrected chi connectivity index (χ4v) is 5.89. The number of nitrogens with zero attached hydrogens (tertiary/aromatic N) is 2. The lowest BCUT2D eigenvalue weighted by molar-refractivity contribution is 0.410. The lowest BCUT2D eigenvalue weighted by atomic mass is 10.1. The van der Waals surface area contributed by atoms with Gasteiger partial charge in [-0.2, -0.15) is 17.9 Å². The number of hydrazone groups is 1. The van der Waals surface area contributed by atoms with Gasteiger partial charge < -0.3 is 0 Å². The molecule has 0 atom stereocenters.